The van der Waals surface area contributed by atoms with Gasteiger partial charge in [0.05, 0.1) is 24.2 Å². The molecule has 0 saturated heterocycles. The zero-order valence-electron chi connectivity index (χ0n) is 14.2. The van der Waals surface area contributed by atoms with Crippen molar-refractivity contribution in [3.63, 3.8) is 0 Å². The van der Waals surface area contributed by atoms with Crippen molar-refractivity contribution in [2.75, 3.05) is 11.9 Å². The fourth-order valence-corrected chi connectivity index (χ4v) is 2.80. The van der Waals surface area contributed by atoms with E-state index in [2.05, 4.69) is 15.4 Å². The molecule has 3 rings (SSSR count). The lowest BCUT2D eigenvalue weighted by Gasteiger charge is -2.25. The summed E-state index contributed by atoms with van der Waals surface area (Å²) in [5.74, 6) is -0.271. The fraction of sp³-hybridized carbons (Fsp3) is 0.375. The molecule has 0 saturated carbocycles. The number of aliphatic imine (C=N–C) groups is 1. The summed E-state index contributed by atoms with van der Waals surface area (Å²) in [5.41, 5.74) is 6.91. The number of nitrogens with two attached hydrogens (primary N) is 1. The number of halogens is 5. The maximum Gasteiger partial charge on any atom is 0.333 e. The minimum atomic E-state index is -2.77. The quantitative estimate of drug-likeness (QED) is 0.763. The Kier molecular flexibility index (Phi) is 6.96. The van der Waals surface area contributed by atoms with Gasteiger partial charge in [-0.1, -0.05) is 11.6 Å². The van der Waals surface area contributed by atoms with Crippen molar-refractivity contribution < 1.29 is 17.9 Å². The summed E-state index contributed by atoms with van der Waals surface area (Å²) < 4.78 is 45.5. The Bertz CT molecular complexity index is 830. The van der Waals surface area contributed by atoms with E-state index in [1.165, 1.54) is 18.2 Å². The van der Waals surface area contributed by atoms with Crippen LogP contribution in [0.2, 0.25) is 5.02 Å². The Hall–Kier alpha value is -1.97. The molecule has 0 aliphatic carbocycles. The second-order valence-corrected chi connectivity index (χ2v) is 6.29. The first-order valence-electron chi connectivity index (χ1n) is 7.85. The van der Waals surface area contributed by atoms with Gasteiger partial charge in [-0.05, 0) is 25.1 Å². The average molecular weight is 424 g/mol. The largest absolute Gasteiger partial charge is 0.385 e. The molecule has 0 fully saturated rings. The van der Waals surface area contributed by atoms with Crippen molar-refractivity contribution in [2.45, 2.75) is 32.2 Å². The van der Waals surface area contributed by atoms with Crippen LogP contribution in [-0.2, 0) is 11.3 Å². The molecule has 1 aliphatic heterocycles. The molecule has 2 aromatic rings. The Morgan fingerprint density at radius 2 is 2.19 bits per heavy atom. The van der Waals surface area contributed by atoms with Crippen LogP contribution in [0.5, 0.6) is 0 Å². The SMILES string of the molecule is CC1COC(c2cc(NCc3nn(C(F)F)cc3Cl)ccc2F)C(N)=N1.Cl. The third kappa shape index (κ3) is 4.85. The van der Waals surface area contributed by atoms with Gasteiger partial charge < -0.3 is 15.8 Å². The summed E-state index contributed by atoms with van der Waals surface area (Å²) in [6.07, 6.45) is 0.280. The van der Waals surface area contributed by atoms with Crippen molar-refractivity contribution in [3.05, 3.63) is 46.5 Å². The van der Waals surface area contributed by atoms with Gasteiger partial charge in [-0.2, -0.15) is 13.9 Å². The Morgan fingerprint density at radius 1 is 1.44 bits per heavy atom. The Labute approximate surface area is 164 Å². The predicted molar refractivity (Wildman–Crippen MR) is 99.2 cm³/mol. The lowest BCUT2D eigenvalue weighted by molar-refractivity contribution is 0.0562. The number of anilines is 1. The zero-order valence-corrected chi connectivity index (χ0v) is 15.8. The second-order valence-electron chi connectivity index (χ2n) is 5.89. The highest BCUT2D eigenvalue weighted by Gasteiger charge is 2.25. The van der Waals surface area contributed by atoms with E-state index < -0.39 is 18.5 Å². The van der Waals surface area contributed by atoms with Crippen molar-refractivity contribution >= 4 is 35.5 Å². The summed E-state index contributed by atoms with van der Waals surface area (Å²) in [5, 5.41) is 6.80. The van der Waals surface area contributed by atoms with Crippen LogP contribution >= 0.6 is 24.0 Å². The third-order valence-electron chi connectivity index (χ3n) is 3.84. The third-order valence-corrected chi connectivity index (χ3v) is 4.15. The zero-order chi connectivity index (χ0) is 18.8. The van der Waals surface area contributed by atoms with Gasteiger partial charge in [0, 0.05) is 17.4 Å². The molecule has 1 aromatic carbocycles. The molecule has 0 amide bonds. The smallest absolute Gasteiger partial charge is 0.333 e. The molecule has 27 heavy (non-hydrogen) atoms. The molecule has 1 aliphatic rings. The number of alkyl halides is 2. The molecule has 0 spiro atoms. The van der Waals surface area contributed by atoms with E-state index in [9.17, 15) is 13.2 Å². The normalized spacial score (nSPS) is 19.6. The molecule has 6 nitrogen and oxygen atoms in total. The molecule has 0 bridgehead atoms. The highest BCUT2D eigenvalue weighted by Crippen LogP contribution is 2.28. The number of amidine groups is 1. The number of aromatic nitrogens is 2. The van der Waals surface area contributed by atoms with Gasteiger partial charge in [0.15, 0.2) is 0 Å². The van der Waals surface area contributed by atoms with E-state index in [1.807, 2.05) is 6.92 Å². The Morgan fingerprint density at radius 3 is 2.81 bits per heavy atom. The number of benzene rings is 1. The van der Waals surface area contributed by atoms with Crippen LogP contribution < -0.4 is 11.1 Å². The molecule has 148 valence electrons. The van der Waals surface area contributed by atoms with E-state index >= 15 is 0 Å². The minimum Gasteiger partial charge on any atom is -0.385 e. The summed E-state index contributed by atoms with van der Waals surface area (Å²) >= 11 is 5.90. The fourth-order valence-electron chi connectivity index (χ4n) is 2.60. The maximum absolute atomic E-state index is 14.2. The van der Waals surface area contributed by atoms with Gasteiger partial charge in [0.25, 0.3) is 0 Å². The lowest BCUT2D eigenvalue weighted by Crippen LogP contribution is -2.33. The number of nitrogens with zero attached hydrogens (tertiary/aromatic N) is 3. The first kappa shape index (κ1) is 21.3. The summed E-state index contributed by atoms with van der Waals surface area (Å²) in [7, 11) is 0. The summed E-state index contributed by atoms with van der Waals surface area (Å²) in [4.78, 5) is 4.22. The van der Waals surface area contributed by atoms with E-state index in [0.29, 0.717) is 17.0 Å². The predicted octanol–water partition coefficient (Wildman–Crippen LogP) is 3.92. The van der Waals surface area contributed by atoms with E-state index in [1.54, 1.807) is 0 Å². The van der Waals surface area contributed by atoms with Crippen LogP contribution in [0.4, 0.5) is 18.9 Å². The van der Waals surface area contributed by atoms with Crippen molar-refractivity contribution in [1.82, 2.24) is 9.78 Å². The molecule has 0 radical (unpaired) electrons. The van der Waals surface area contributed by atoms with Crippen LogP contribution in [0.15, 0.2) is 29.4 Å². The lowest BCUT2D eigenvalue weighted by atomic mass is 10.1. The standard InChI is InChI=1S/C16H17ClF3N5O.ClH/c1-8-7-26-14(15(21)23-8)10-4-9(2-3-12(10)18)22-5-13-11(17)6-25(24-13)16(19)20;/h2-4,6,8,14,16,22H,5,7H2,1H3,(H2,21,23);1H. The highest BCUT2D eigenvalue weighted by molar-refractivity contribution is 6.31. The molecule has 3 N–H and O–H groups in total. The van der Waals surface area contributed by atoms with Crippen LogP contribution in [0.1, 0.15) is 30.8 Å². The number of nitrogens with one attached hydrogen (secondary N) is 1. The molecule has 1 aromatic heterocycles. The van der Waals surface area contributed by atoms with Gasteiger partial charge in [0.1, 0.15) is 23.5 Å². The number of ether oxygens (including phenoxy) is 1. The maximum atomic E-state index is 14.2. The number of hydrogen-bond donors (Lipinski definition) is 2. The molecule has 2 unspecified atom stereocenters. The van der Waals surface area contributed by atoms with Crippen molar-refractivity contribution in [3.8, 4) is 0 Å². The average Bonchev–Trinajstić information content (AvgIpc) is 2.96. The Balaban J connectivity index is 0.00000261. The molecule has 11 heteroatoms. The van der Waals surface area contributed by atoms with E-state index in [0.717, 1.165) is 6.20 Å². The van der Waals surface area contributed by atoms with Crippen LogP contribution in [0.3, 0.4) is 0 Å². The van der Waals surface area contributed by atoms with E-state index in [4.69, 9.17) is 22.1 Å². The topological polar surface area (TPSA) is 77.5 Å². The van der Waals surface area contributed by atoms with Gasteiger partial charge in [-0.15, -0.1) is 12.4 Å². The highest BCUT2D eigenvalue weighted by atomic mass is 35.5. The molecular formula is C16H18Cl2F3N5O. The van der Waals surface area contributed by atoms with Crippen LogP contribution in [-0.4, -0.2) is 28.3 Å². The monoisotopic (exact) mass is 423 g/mol. The van der Waals surface area contributed by atoms with Crippen molar-refractivity contribution in [1.29, 1.82) is 0 Å². The van der Waals surface area contributed by atoms with Gasteiger partial charge in [-0.25, -0.2) is 9.07 Å². The summed E-state index contributed by atoms with van der Waals surface area (Å²) in [6.45, 7) is -0.495. The molecular weight excluding hydrogens is 406 g/mol. The molecule has 2 heterocycles. The molecule has 2 atom stereocenters. The van der Waals surface area contributed by atoms with Crippen molar-refractivity contribution in [2.24, 2.45) is 10.7 Å². The van der Waals surface area contributed by atoms with Gasteiger partial charge >= 0.3 is 6.55 Å². The second kappa shape index (κ2) is 8.81. The van der Waals surface area contributed by atoms with E-state index in [-0.39, 0.29) is 47.1 Å². The van der Waals surface area contributed by atoms with Gasteiger partial charge in [0.2, 0.25) is 0 Å². The summed E-state index contributed by atoms with van der Waals surface area (Å²) in [6, 6.07) is 4.24. The number of rotatable bonds is 5. The first-order valence-corrected chi connectivity index (χ1v) is 8.22. The van der Waals surface area contributed by atoms with Crippen LogP contribution in [0, 0.1) is 5.82 Å². The minimum absolute atomic E-state index is 0. The van der Waals surface area contributed by atoms with Gasteiger partial charge in [-0.3, -0.25) is 4.99 Å². The number of hydrogen-bond acceptors (Lipinski definition) is 5. The first-order chi connectivity index (χ1) is 12.3. The van der Waals surface area contributed by atoms with Crippen LogP contribution in [0.25, 0.3) is 0 Å².